The van der Waals surface area contributed by atoms with Crippen LogP contribution in [0.15, 0.2) is 21.6 Å². The molecule has 2 heterocycles. The van der Waals surface area contributed by atoms with Gasteiger partial charge in [-0.05, 0) is 29.8 Å². The SMILES string of the molecule is CCOc1cc(Br)c(N2C(=NC(=O)COC)SC3CS(=O)(=O)CC32)cc1OCC. The number of amidine groups is 1. The molecule has 2 atom stereocenters. The van der Waals surface area contributed by atoms with Crippen LogP contribution in [0.4, 0.5) is 5.69 Å². The second kappa shape index (κ2) is 9.23. The van der Waals surface area contributed by atoms with Gasteiger partial charge >= 0.3 is 0 Å². The van der Waals surface area contributed by atoms with Crippen LogP contribution >= 0.6 is 27.7 Å². The number of amides is 1. The topological polar surface area (TPSA) is 94.5 Å². The first-order chi connectivity index (χ1) is 13.8. The molecule has 2 aliphatic heterocycles. The first-order valence-electron chi connectivity index (χ1n) is 9.15. The zero-order chi connectivity index (χ0) is 21.2. The van der Waals surface area contributed by atoms with Crippen LogP contribution in [0.3, 0.4) is 0 Å². The van der Waals surface area contributed by atoms with Gasteiger partial charge in [0.2, 0.25) is 0 Å². The minimum absolute atomic E-state index is 0.00573. The van der Waals surface area contributed by atoms with Gasteiger partial charge in [-0.2, -0.15) is 4.99 Å². The number of rotatable bonds is 7. The van der Waals surface area contributed by atoms with E-state index in [0.717, 1.165) is 0 Å². The lowest BCUT2D eigenvalue weighted by atomic mass is 10.2. The van der Waals surface area contributed by atoms with Gasteiger partial charge < -0.3 is 19.1 Å². The summed E-state index contributed by atoms with van der Waals surface area (Å²) >= 11 is 4.87. The molecule has 8 nitrogen and oxygen atoms in total. The van der Waals surface area contributed by atoms with Gasteiger partial charge in [-0.3, -0.25) is 4.79 Å². The Morgan fingerprint density at radius 3 is 2.52 bits per heavy atom. The van der Waals surface area contributed by atoms with Crippen LogP contribution in [0.25, 0.3) is 0 Å². The third-order valence-corrected chi connectivity index (χ3v) is 8.27. The predicted octanol–water partition coefficient (Wildman–Crippen LogP) is 2.49. The summed E-state index contributed by atoms with van der Waals surface area (Å²) in [6, 6.07) is 3.27. The standard InChI is InChI=1S/C18H23BrN2O6S2/c1-4-26-14-6-11(19)12(7-15(14)27-5-2)21-13-9-29(23,24)10-16(13)28-18(21)20-17(22)8-25-3/h6-7,13,16H,4-5,8-10H2,1-3H3. The van der Waals surface area contributed by atoms with Crippen molar-refractivity contribution in [3.8, 4) is 11.5 Å². The number of aliphatic imine (C=N–C) groups is 1. The number of nitrogens with zero attached hydrogens (tertiary/aromatic N) is 2. The summed E-state index contributed by atoms with van der Waals surface area (Å²) in [5, 5.41) is 0.271. The van der Waals surface area contributed by atoms with Crippen LogP contribution in [-0.4, -0.2) is 69.2 Å². The molecule has 3 rings (SSSR count). The van der Waals surface area contributed by atoms with Gasteiger partial charge in [-0.1, -0.05) is 11.8 Å². The van der Waals surface area contributed by atoms with E-state index in [-0.39, 0.29) is 29.4 Å². The fourth-order valence-electron chi connectivity index (χ4n) is 3.35. The van der Waals surface area contributed by atoms with Crippen LogP contribution in [0.2, 0.25) is 0 Å². The molecule has 29 heavy (non-hydrogen) atoms. The first-order valence-corrected chi connectivity index (χ1v) is 12.6. The Bertz CT molecular complexity index is 921. The molecule has 2 aliphatic rings. The molecule has 0 aliphatic carbocycles. The van der Waals surface area contributed by atoms with E-state index in [1.54, 1.807) is 12.1 Å². The average molecular weight is 507 g/mol. The van der Waals surface area contributed by atoms with Crippen LogP contribution < -0.4 is 14.4 Å². The number of fused-ring (bicyclic) bond motifs is 1. The third-order valence-electron chi connectivity index (χ3n) is 4.43. The van der Waals surface area contributed by atoms with Gasteiger partial charge in [0.1, 0.15) is 6.61 Å². The van der Waals surface area contributed by atoms with Gasteiger partial charge in [-0.15, -0.1) is 0 Å². The molecule has 0 aromatic heterocycles. The molecular weight excluding hydrogens is 484 g/mol. The number of anilines is 1. The Labute approximate surface area is 183 Å². The number of benzene rings is 1. The minimum Gasteiger partial charge on any atom is -0.490 e. The summed E-state index contributed by atoms with van der Waals surface area (Å²) in [6.45, 7) is 4.55. The summed E-state index contributed by atoms with van der Waals surface area (Å²) in [6.07, 6.45) is 0. The molecule has 160 valence electrons. The highest BCUT2D eigenvalue weighted by molar-refractivity contribution is 9.10. The molecule has 2 unspecified atom stereocenters. The van der Waals surface area contributed by atoms with E-state index in [1.165, 1.54) is 18.9 Å². The molecular formula is C18H23BrN2O6S2. The zero-order valence-corrected chi connectivity index (χ0v) is 19.6. The summed E-state index contributed by atoms with van der Waals surface area (Å²) in [7, 11) is -1.73. The number of halogens is 1. The number of thioether (sulfide) groups is 1. The molecule has 0 radical (unpaired) electrons. The molecule has 1 amide bonds. The monoisotopic (exact) mass is 506 g/mol. The Balaban J connectivity index is 2.08. The van der Waals surface area contributed by atoms with E-state index >= 15 is 0 Å². The minimum atomic E-state index is -3.16. The largest absolute Gasteiger partial charge is 0.490 e. The lowest BCUT2D eigenvalue weighted by Crippen LogP contribution is -2.38. The summed E-state index contributed by atoms with van der Waals surface area (Å²) in [5.74, 6) is 0.774. The summed E-state index contributed by atoms with van der Waals surface area (Å²) in [4.78, 5) is 18.1. The first kappa shape index (κ1) is 22.4. The quantitative estimate of drug-likeness (QED) is 0.556. The maximum absolute atomic E-state index is 12.2. The summed E-state index contributed by atoms with van der Waals surface area (Å²) < 4.78 is 41.4. The van der Waals surface area contributed by atoms with Gasteiger partial charge in [0.05, 0.1) is 36.4 Å². The Morgan fingerprint density at radius 1 is 1.24 bits per heavy atom. The van der Waals surface area contributed by atoms with Crippen molar-refractivity contribution in [2.24, 2.45) is 4.99 Å². The van der Waals surface area contributed by atoms with Crippen molar-refractivity contribution in [3.05, 3.63) is 16.6 Å². The predicted molar refractivity (Wildman–Crippen MR) is 117 cm³/mol. The van der Waals surface area contributed by atoms with Crippen molar-refractivity contribution in [2.75, 3.05) is 43.3 Å². The highest BCUT2D eigenvalue weighted by atomic mass is 79.9. The number of carbonyl (C=O) groups excluding carboxylic acids is 1. The van der Waals surface area contributed by atoms with Crippen molar-refractivity contribution in [1.29, 1.82) is 0 Å². The van der Waals surface area contributed by atoms with Crippen LogP contribution in [-0.2, 0) is 19.4 Å². The third kappa shape index (κ3) is 4.89. The Kier molecular flexibility index (Phi) is 7.13. The second-order valence-electron chi connectivity index (χ2n) is 6.51. The fourth-order valence-corrected chi connectivity index (χ4v) is 7.79. The smallest absolute Gasteiger partial charge is 0.274 e. The van der Waals surface area contributed by atoms with E-state index in [1.807, 2.05) is 18.7 Å². The number of sulfone groups is 1. The summed E-state index contributed by atoms with van der Waals surface area (Å²) in [5.41, 5.74) is 0.679. The molecule has 0 saturated carbocycles. The van der Waals surface area contributed by atoms with Crippen molar-refractivity contribution >= 4 is 54.3 Å². The molecule has 1 aromatic carbocycles. The molecule has 2 saturated heterocycles. The normalized spacial score (nSPS) is 24.0. The van der Waals surface area contributed by atoms with Crippen molar-refractivity contribution in [3.63, 3.8) is 0 Å². The Morgan fingerprint density at radius 2 is 1.90 bits per heavy atom. The van der Waals surface area contributed by atoms with E-state index in [2.05, 4.69) is 20.9 Å². The highest BCUT2D eigenvalue weighted by Gasteiger charge is 2.50. The maximum Gasteiger partial charge on any atom is 0.274 e. The second-order valence-corrected chi connectivity index (χ2v) is 10.7. The van der Waals surface area contributed by atoms with E-state index < -0.39 is 15.7 Å². The van der Waals surface area contributed by atoms with Gasteiger partial charge in [0, 0.05) is 29.0 Å². The molecule has 0 spiro atoms. The fraction of sp³-hybridized carbons (Fsp3) is 0.556. The number of ether oxygens (including phenoxy) is 3. The lowest BCUT2D eigenvalue weighted by molar-refractivity contribution is -0.121. The number of carbonyl (C=O) groups is 1. The van der Waals surface area contributed by atoms with Crippen molar-refractivity contribution in [2.45, 2.75) is 25.1 Å². The van der Waals surface area contributed by atoms with E-state index in [9.17, 15) is 13.2 Å². The molecule has 2 fully saturated rings. The molecule has 1 aromatic rings. The van der Waals surface area contributed by atoms with Crippen LogP contribution in [0.5, 0.6) is 11.5 Å². The number of hydrogen-bond acceptors (Lipinski definition) is 7. The molecule has 0 N–H and O–H groups in total. The zero-order valence-electron chi connectivity index (χ0n) is 16.4. The number of methoxy groups -OCH3 is 1. The van der Waals surface area contributed by atoms with Gasteiger partial charge in [-0.25, -0.2) is 8.42 Å². The van der Waals surface area contributed by atoms with Crippen molar-refractivity contribution < 1.29 is 27.4 Å². The highest BCUT2D eigenvalue weighted by Crippen LogP contribution is 2.46. The maximum atomic E-state index is 12.2. The van der Waals surface area contributed by atoms with Gasteiger partial charge in [0.25, 0.3) is 5.91 Å². The number of hydrogen-bond donors (Lipinski definition) is 0. The van der Waals surface area contributed by atoms with Crippen molar-refractivity contribution in [1.82, 2.24) is 0 Å². The van der Waals surface area contributed by atoms with Crippen LogP contribution in [0.1, 0.15) is 13.8 Å². The van der Waals surface area contributed by atoms with E-state index in [4.69, 9.17) is 14.2 Å². The molecule has 11 heteroatoms. The van der Waals surface area contributed by atoms with Gasteiger partial charge in [0.15, 0.2) is 26.5 Å². The molecule has 0 bridgehead atoms. The average Bonchev–Trinajstić information content (AvgIpc) is 3.09. The van der Waals surface area contributed by atoms with E-state index in [0.29, 0.717) is 40.0 Å². The lowest BCUT2D eigenvalue weighted by Gasteiger charge is -2.27. The Hall–Kier alpha value is -1.30. The van der Waals surface area contributed by atoms with Crippen LogP contribution in [0, 0.1) is 0 Å².